The van der Waals surface area contributed by atoms with Crippen LogP contribution in [0.2, 0.25) is 0 Å². The molecule has 2 nitrogen and oxygen atoms in total. The maximum atomic E-state index is 5.68. The fraction of sp³-hybridized carbons (Fsp3) is 0.867. The molecule has 0 saturated heterocycles. The first-order chi connectivity index (χ1) is 8.17. The summed E-state index contributed by atoms with van der Waals surface area (Å²) in [6.07, 6.45) is 10.7. The molecule has 0 amide bonds. The second-order valence-electron chi connectivity index (χ2n) is 5.86. The molecule has 1 atom stereocenters. The van der Waals surface area contributed by atoms with Gasteiger partial charge in [-0.2, -0.15) is 0 Å². The normalized spacial score (nSPS) is 26.8. The molecule has 0 heterocycles. The van der Waals surface area contributed by atoms with Gasteiger partial charge in [0.05, 0.1) is 0 Å². The van der Waals surface area contributed by atoms with Gasteiger partial charge in [0, 0.05) is 6.04 Å². The Hall–Kier alpha value is -0.340. The van der Waals surface area contributed by atoms with Crippen LogP contribution < -0.4 is 11.3 Å². The van der Waals surface area contributed by atoms with Crippen LogP contribution in [0.1, 0.15) is 65.2 Å². The summed E-state index contributed by atoms with van der Waals surface area (Å²) in [7, 11) is 0. The topological polar surface area (TPSA) is 38.0 Å². The zero-order valence-electron chi connectivity index (χ0n) is 11.7. The van der Waals surface area contributed by atoms with Crippen LogP contribution in [0.5, 0.6) is 0 Å². The molecule has 0 aromatic carbocycles. The van der Waals surface area contributed by atoms with Gasteiger partial charge in [-0.05, 0) is 38.0 Å². The molecule has 3 N–H and O–H groups in total. The van der Waals surface area contributed by atoms with E-state index in [9.17, 15) is 0 Å². The van der Waals surface area contributed by atoms with Crippen molar-refractivity contribution in [2.24, 2.45) is 17.7 Å². The zero-order valence-corrected chi connectivity index (χ0v) is 11.7. The molecule has 1 unspecified atom stereocenters. The fourth-order valence-corrected chi connectivity index (χ4v) is 3.11. The first kappa shape index (κ1) is 14.7. The van der Waals surface area contributed by atoms with Crippen molar-refractivity contribution in [3.05, 3.63) is 12.2 Å². The minimum absolute atomic E-state index is 0.444. The zero-order chi connectivity index (χ0) is 12.7. The second kappa shape index (κ2) is 7.88. The van der Waals surface area contributed by atoms with Gasteiger partial charge in [-0.3, -0.25) is 11.3 Å². The van der Waals surface area contributed by atoms with Gasteiger partial charge in [-0.15, -0.1) is 6.58 Å². The highest BCUT2D eigenvalue weighted by Gasteiger charge is 2.26. The first-order valence-electron chi connectivity index (χ1n) is 7.27. The average Bonchev–Trinajstić information content (AvgIpc) is 2.34. The van der Waals surface area contributed by atoms with Gasteiger partial charge in [-0.25, -0.2) is 0 Å². The van der Waals surface area contributed by atoms with Crippen LogP contribution in [0, 0.1) is 11.8 Å². The number of nitrogens with two attached hydrogens (primary N) is 1. The van der Waals surface area contributed by atoms with Crippen molar-refractivity contribution in [2.75, 3.05) is 0 Å². The quantitative estimate of drug-likeness (QED) is 0.402. The summed E-state index contributed by atoms with van der Waals surface area (Å²) in [6, 6.07) is 0.444. The van der Waals surface area contributed by atoms with Crippen LogP contribution in [-0.4, -0.2) is 6.04 Å². The Labute approximate surface area is 107 Å². The molecular weight excluding hydrogens is 208 g/mol. The predicted molar refractivity (Wildman–Crippen MR) is 75.5 cm³/mol. The van der Waals surface area contributed by atoms with Crippen molar-refractivity contribution in [1.29, 1.82) is 0 Å². The highest BCUT2D eigenvalue weighted by Crippen LogP contribution is 2.34. The molecule has 2 heteroatoms. The Morgan fingerprint density at radius 1 is 1.35 bits per heavy atom. The van der Waals surface area contributed by atoms with E-state index < -0.39 is 0 Å². The molecule has 1 rings (SSSR count). The summed E-state index contributed by atoms with van der Waals surface area (Å²) in [4.78, 5) is 0. The van der Waals surface area contributed by atoms with Crippen LogP contribution in [0.3, 0.4) is 0 Å². The number of nitrogens with one attached hydrogen (secondary N) is 1. The molecule has 1 aliphatic rings. The summed E-state index contributed by atoms with van der Waals surface area (Å²) in [5.74, 6) is 7.42. The molecule has 0 bridgehead atoms. The van der Waals surface area contributed by atoms with Gasteiger partial charge in [0.1, 0.15) is 0 Å². The Balaban J connectivity index is 2.31. The molecule has 0 radical (unpaired) electrons. The molecule has 1 aliphatic carbocycles. The van der Waals surface area contributed by atoms with E-state index in [0.717, 1.165) is 18.3 Å². The minimum atomic E-state index is 0.444. The van der Waals surface area contributed by atoms with Crippen LogP contribution >= 0.6 is 0 Å². The van der Waals surface area contributed by atoms with Crippen LogP contribution in [0.25, 0.3) is 0 Å². The SMILES string of the molecule is C=C(C)CC(NN)C1CCC(CCCC)CC1. The van der Waals surface area contributed by atoms with Gasteiger partial charge >= 0.3 is 0 Å². The molecule has 0 aromatic rings. The Bertz CT molecular complexity index is 217. The average molecular weight is 238 g/mol. The molecule has 0 aromatic heterocycles. The van der Waals surface area contributed by atoms with Crippen molar-refractivity contribution < 1.29 is 0 Å². The lowest BCUT2D eigenvalue weighted by atomic mass is 9.76. The van der Waals surface area contributed by atoms with E-state index in [0.29, 0.717) is 6.04 Å². The Morgan fingerprint density at radius 2 is 2.00 bits per heavy atom. The molecule has 1 fully saturated rings. The second-order valence-corrected chi connectivity index (χ2v) is 5.86. The van der Waals surface area contributed by atoms with Crippen molar-refractivity contribution >= 4 is 0 Å². The highest BCUT2D eigenvalue weighted by atomic mass is 15.2. The lowest BCUT2D eigenvalue weighted by Gasteiger charge is -2.33. The summed E-state index contributed by atoms with van der Waals surface area (Å²) in [5, 5.41) is 0. The molecule has 100 valence electrons. The molecule has 0 aliphatic heterocycles. The maximum absolute atomic E-state index is 5.68. The largest absolute Gasteiger partial charge is 0.271 e. The monoisotopic (exact) mass is 238 g/mol. The molecule has 0 spiro atoms. The third-order valence-electron chi connectivity index (χ3n) is 4.21. The number of hydrazine groups is 1. The Kier molecular flexibility index (Phi) is 6.83. The third kappa shape index (κ3) is 5.22. The lowest BCUT2D eigenvalue weighted by molar-refractivity contribution is 0.211. The first-order valence-corrected chi connectivity index (χ1v) is 7.27. The van der Waals surface area contributed by atoms with E-state index in [2.05, 4.69) is 25.9 Å². The Morgan fingerprint density at radius 3 is 2.47 bits per heavy atom. The predicted octanol–water partition coefficient (Wildman–Crippen LogP) is 3.78. The van der Waals surface area contributed by atoms with E-state index >= 15 is 0 Å². The third-order valence-corrected chi connectivity index (χ3v) is 4.21. The van der Waals surface area contributed by atoms with Crippen molar-refractivity contribution in [2.45, 2.75) is 71.3 Å². The smallest absolute Gasteiger partial charge is 0.0275 e. The lowest BCUT2D eigenvalue weighted by Crippen LogP contribution is -2.42. The van der Waals surface area contributed by atoms with Crippen molar-refractivity contribution in [3.8, 4) is 0 Å². The highest BCUT2D eigenvalue weighted by molar-refractivity contribution is 4.95. The number of unbranched alkanes of at least 4 members (excludes halogenated alkanes) is 1. The molecule has 17 heavy (non-hydrogen) atoms. The van der Waals surface area contributed by atoms with E-state index in [1.165, 1.54) is 50.5 Å². The summed E-state index contributed by atoms with van der Waals surface area (Å²) in [5.41, 5.74) is 4.24. The standard InChI is InChI=1S/C15H30N2/c1-4-5-6-13-7-9-14(10-8-13)15(17-16)11-12(2)3/h13-15,17H,2,4-11,16H2,1,3H3. The summed E-state index contributed by atoms with van der Waals surface area (Å²) < 4.78 is 0. The maximum Gasteiger partial charge on any atom is 0.0275 e. The van der Waals surface area contributed by atoms with E-state index in [1.807, 2.05) is 0 Å². The van der Waals surface area contributed by atoms with Gasteiger partial charge < -0.3 is 0 Å². The van der Waals surface area contributed by atoms with Gasteiger partial charge in [0.2, 0.25) is 0 Å². The van der Waals surface area contributed by atoms with Crippen molar-refractivity contribution in [1.82, 2.24) is 5.43 Å². The van der Waals surface area contributed by atoms with E-state index in [4.69, 9.17) is 5.84 Å². The summed E-state index contributed by atoms with van der Waals surface area (Å²) >= 11 is 0. The minimum Gasteiger partial charge on any atom is -0.271 e. The number of hydrogen-bond acceptors (Lipinski definition) is 2. The molecule has 1 saturated carbocycles. The number of hydrogen-bond donors (Lipinski definition) is 2. The van der Waals surface area contributed by atoms with Gasteiger partial charge in [-0.1, -0.05) is 44.6 Å². The van der Waals surface area contributed by atoms with Crippen LogP contribution in [0.4, 0.5) is 0 Å². The van der Waals surface area contributed by atoms with Crippen LogP contribution in [0.15, 0.2) is 12.2 Å². The van der Waals surface area contributed by atoms with Gasteiger partial charge in [0.15, 0.2) is 0 Å². The summed E-state index contributed by atoms with van der Waals surface area (Å²) in [6.45, 7) is 8.38. The molecular formula is C15H30N2. The number of rotatable bonds is 7. The van der Waals surface area contributed by atoms with E-state index in [-0.39, 0.29) is 0 Å². The van der Waals surface area contributed by atoms with Gasteiger partial charge in [0.25, 0.3) is 0 Å². The van der Waals surface area contributed by atoms with E-state index in [1.54, 1.807) is 0 Å². The van der Waals surface area contributed by atoms with Crippen molar-refractivity contribution in [3.63, 3.8) is 0 Å². The van der Waals surface area contributed by atoms with Crippen LogP contribution in [-0.2, 0) is 0 Å². The fourth-order valence-electron chi connectivity index (χ4n) is 3.11.